The van der Waals surface area contributed by atoms with Crippen molar-refractivity contribution in [2.75, 3.05) is 40.9 Å². The Morgan fingerprint density at radius 1 is 1.22 bits per heavy atom. The third-order valence-corrected chi connectivity index (χ3v) is 5.92. The number of methoxy groups -OCH3 is 1. The molecule has 7 heteroatoms. The number of ketones is 1. The summed E-state index contributed by atoms with van der Waals surface area (Å²) >= 11 is 0. The lowest BCUT2D eigenvalue weighted by Crippen LogP contribution is -2.35. The summed E-state index contributed by atoms with van der Waals surface area (Å²) < 4.78 is 11.0. The number of aliphatic hydroxyl groups is 1. The molecule has 168 valence electrons. The van der Waals surface area contributed by atoms with Crippen LogP contribution in [0, 0.1) is 0 Å². The zero-order valence-electron chi connectivity index (χ0n) is 18.6. The molecule has 0 bridgehead atoms. The number of fused-ring (bicyclic) bond motifs is 1. The Kier molecular flexibility index (Phi) is 6.19. The predicted octanol–water partition coefficient (Wildman–Crippen LogP) is 3.00. The van der Waals surface area contributed by atoms with Gasteiger partial charge in [0.1, 0.15) is 17.3 Å². The smallest absolute Gasteiger partial charge is 0.295 e. The number of carbonyl (C=O) groups excluding carboxylic acids is 2. The average Bonchev–Trinajstić information content (AvgIpc) is 3.06. The number of likely N-dealkylation sites (tertiary alicyclic amines) is 1. The highest BCUT2D eigenvalue weighted by Crippen LogP contribution is 2.40. The number of aryl methyl sites for hydroxylation is 1. The SMILES string of the molecule is COc1cccc(C2/C(=C(/O)c3ccc4c(c3)CCCO4)C(=O)C(=O)N2CCN(C)C)c1. The quantitative estimate of drug-likeness (QED) is 0.426. The summed E-state index contributed by atoms with van der Waals surface area (Å²) in [6.45, 7) is 1.61. The lowest BCUT2D eigenvalue weighted by molar-refractivity contribution is -0.140. The molecule has 1 atom stereocenters. The van der Waals surface area contributed by atoms with Crippen LogP contribution in [-0.2, 0) is 16.0 Å². The van der Waals surface area contributed by atoms with Crippen LogP contribution in [0.15, 0.2) is 48.0 Å². The van der Waals surface area contributed by atoms with Gasteiger partial charge in [-0.15, -0.1) is 0 Å². The second kappa shape index (κ2) is 9.04. The number of Topliss-reactive ketones (excluding diaryl/α,β-unsaturated/α-hetero) is 1. The Hall–Kier alpha value is -3.32. The van der Waals surface area contributed by atoms with E-state index in [1.54, 1.807) is 25.3 Å². The van der Waals surface area contributed by atoms with E-state index in [4.69, 9.17) is 9.47 Å². The van der Waals surface area contributed by atoms with Gasteiger partial charge >= 0.3 is 0 Å². The molecular weight excluding hydrogens is 408 g/mol. The molecule has 1 saturated heterocycles. The number of nitrogens with zero attached hydrogens (tertiary/aromatic N) is 2. The van der Waals surface area contributed by atoms with Gasteiger partial charge in [-0.25, -0.2) is 0 Å². The minimum atomic E-state index is -0.697. The second-order valence-corrected chi connectivity index (χ2v) is 8.35. The van der Waals surface area contributed by atoms with E-state index in [0.29, 0.717) is 36.6 Å². The first kappa shape index (κ1) is 21.9. The molecule has 2 aliphatic heterocycles. The van der Waals surface area contributed by atoms with Crippen molar-refractivity contribution < 1.29 is 24.2 Å². The van der Waals surface area contributed by atoms with E-state index in [1.807, 2.05) is 43.3 Å². The molecule has 0 spiro atoms. The van der Waals surface area contributed by atoms with Crippen molar-refractivity contribution >= 4 is 17.4 Å². The maximum absolute atomic E-state index is 13.1. The van der Waals surface area contributed by atoms with Gasteiger partial charge in [-0.3, -0.25) is 9.59 Å². The Morgan fingerprint density at radius 3 is 2.78 bits per heavy atom. The number of hydrogen-bond acceptors (Lipinski definition) is 6. The van der Waals surface area contributed by atoms with E-state index in [9.17, 15) is 14.7 Å². The number of benzene rings is 2. The van der Waals surface area contributed by atoms with Gasteiger partial charge in [0.25, 0.3) is 11.7 Å². The maximum Gasteiger partial charge on any atom is 0.295 e. The van der Waals surface area contributed by atoms with Gasteiger partial charge < -0.3 is 24.4 Å². The number of rotatable bonds is 6. The Bertz CT molecular complexity index is 1080. The molecule has 0 aliphatic carbocycles. The summed E-state index contributed by atoms with van der Waals surface area (Å²) in [7, 11) is 5.38. The molecule has 32 heavy (non-hydrogen) atoms. The predicted molar refractivity (Wildman–Crippen MR) is 121 cm³/mol. The van der Waals surface area contributed by atoms with Crippen LogP contribution in [0.4, 0.5) is 0 Å². The first-order valence-corrected chi connectivity index (χ1v) is 10.7. The zero-order valence-corrected chi connectivity index (χ0v) is 18.6. The molecule has 2 aromatic rings. The Balaban J connectivity index is 1.83. The highest BCUT2D eigenvalue weighted by atomic mass is 16.5. The third kappa shape index (κ3) is 4.08. The number of amides is 1. The molecule has 1 fully saturated rings. The van der Waals surface area contributed by atoms with Crippen LogP contribution in [0.1, 0.15) is 29.2 Å². The maximum atomic E-state index is 13.1. The summed E-state index contributed by atoms with van der Waals surface area (Å²) in [5.41, 5.74) is 2.30. The molecule has 4 rings (SSSR count). The van der Waals surface area contributed by atoms with Crippen molar-refractivity contribution in [3.8, 4) is 11.5 Å². The van der Waals surface area contributed by atoms with Gasteiger partial charge in [0.15, 0.2) is 0 Å². The molecule has 1 N–H and O–H groups in total. The van der Waals surface area contributed by atoms with E-state index in [0.717, 1.165) is 24.2 Å². The lowest BCUT2D eigenvalue weighted by Gasteiger charge is -2.27. The number of likely N-dealkylation sites (N-methyl/N-ethyl adjacent to an activating group) is 1. The van der Waals surface area contributed by atoms with Crippen LogP contribution >= 0.6 is 0 Å². The van der Waals surface area contributed by atoms with Gasteiger partial charge in [-0.1, -0.05) is 12.1 Å². The van der Waals surface area contributed by atoms with Crippen LogP contribution in [0.5, 0.6) is 11.5 Å². The summed E-state index contributed by atoms with van der Waals surface area (Å²) in [5, 5.41) is 11.3. The number of hydrogen-bond donors (Lipinski definition) is 1. The second-order valence-electron chi connectivity index (χ2n) is 8.35. The van der Waals surface area contributed by atoms with E-state index in [2.05, 4.69) is 0 Å². The van der Waals surface area contributed by atoms with E-state index in [1.165, 1.54) is 4.90 Å². The Labute approximate surface area is 187 Å². The van der Waals surface area contributed by atoms with Gasteiger partial charge in [0, 0.05) is 18.7 Å². The molecule has 0 aromatic heterocycles. The highest BCUT2D eigenvalue weighted by molar-refractivity contribution is 6.46. The fraction of sp³-hybridized carbons (Fsp3) is 0.360. The first-order valence-electron chi connectivity index (χ1n) is 10.7. The molecule has 0 saturated carbocycles. The summed E-state index contributed by atoms with van der Waals surface area (Å²) in [6, 6.07) is 12.0. The molecular formula is C25H28N2O5. The van der Waals surface area contributed by atoms with Crippen LogP contribution in [0.3, 0.4) is 0 Å². The average molecular weight is 437 g/mol. The summed E-state index contributed by atoms with van der Waals surface area (Å²) in [5.74, 6) is -0.0438. The number of ether oxygens (including phenoxy) is 2. The number of carbonyl (C=O) groups is 2. The van der Waals surface area contributed by atoms with Crippen molar-refractivity contribution in [3.05, 3.63) is 64.7 Å². The normalized spacial score (nSPS) is 19.8. The molecule has 2 aliphatic rings. The standard InChI is InChI=1S/C25H28N2O5/c1-26(2)11-12-27-22(17-6-4-8-19(15-17)31-3)21(24(29)25(27)30)23(28)18-9-10-20-16(14-18)7-5-13-32-20/h4,6,8-10,14-15,22,28H,5,7,11-13H2,1-3H3/b23-21-. The fourth-order valence-electron chi connectivity index (χ4n) is 4.24. The van der Waals surface area contributed by atoms with Gasteiger partial charge in [-0.05, 0) is 68.4 Å². The monoisotopic (exact) mass is 436 g/mol. The minimum absolute atomic E-state index is 0.0960. The molecule has 1 amide bonds. The van der Waals surface area contributed by atoms with Crippen LogP contribution < -0.4 is 9.47 Å². The van der Waals surface area contributed by atoms with E-state index < -0.39 is 17.7 Å². The minimum Gasteiger partial charge on any atom is -0.507 e. The highest BCUT2D eigenvalue weighted by Gasteiger charge is 2.46. The van der Waals surface area contributed by atoms with Crippen LogP contribution in [-0.4, -0.2) is 67.5 Å². The molecule has 2 heterocycles. The van der Waals surface area contributed by atoms with Crippen molar-refractivity contribution in [3.63, 3.8) is 0 Å². The first-order chi connectivity index (χ1) is 15.4. The van der Waals surface area contributed by atoms with E-state index in [-0.39, 0.29) is 11.3 Å². The van der Waals surface area contributed by atoms with Crippen molar-refractivity contribution in [2.24, 2.45) is 0 Å². The molecule has 0 radical (unpaired) electrons. The molecule has 2 aromatic carbocycles. The van der Waals surface area contributed by atoms with E-state index >= 15 is 0 Å². The topological polar surface area (TPSA) is 79.3 Å². The van der Waals surface area contributed by atoms with Crippen molar-refractivity contribution in [1.29, 1.82) is 0 Å². The van der Waals surface area contributed by atoms with Crippen LogP contribution in [0.25, 0.3) is 5.76 Å². The van der Waals surface area contributed by atoms with Crippen LogP contribution in [0.2, 0.25) is 0 Å². The fourth-order valence-corrected chi connectivity index (χ4v) is 4.24. The van der Waals surface area contributed by atoms with Gasteiger partial charge in [0.2, 0.25) is 0 Å². The summed E-state index contributed by atoms with van der Waals surface area (Å²) in [6.07, 6.45) is 1.74. The Morgan fingerprint density at radius 2 is 2.03 bits per heavy atom. The van der Waals surface area contributed by atoms with Crippen molar-refractivity contribution in [2.45, 2.75) is 18.9 Å². The van der Waals surface area contributed by atoms with Gasteiger partial charge in [0.05, 0.1) is 25.3 Å². The van der Waals surface area contributed by atoms with Crippen molar-refractivity contribution in [1.82, 2.24) is 9.80 Å². The molecule has 7 nitrogen and oxygen atoms in total. The largest absolute Gasteiger partial charge is 0.507 e. The van der Waals surface area contributed by atoms with Gasteiger partial charge in [-0.2, -0.15) is 0 Å². The number of aliphatic hydroxyl groups excluding tert-OH is 1. The molecule has 1 unspecified atom stereocenters. The summed E-state index contributed by atoms with van der Waals surface area (Å²) in [4.78, 5) is 29.6. The lowest BCUT2D eigenvalue weighted by atomic mass is 9.94. The zero-order chi connectivity index (χ0) is 22.8. The third-order valence-electron chi connectivity index (χ3n) is 5.92.